The summed E-state index contributed by atoms with van der Waals surface area (Å²) in [7, 11) is 0. The molecule has 7 heteroatoms. The van der Waals surface area contributed by atoms with Crippen LogP contribution in [0.15, 0.2) is 43.2 Å². The summed E-state index contributed by atoms with van der Waals surface area (Å²) in [5.74, 6) is 0.182. The quantitative estimate of drug-likeness (QED) is 0.758. The van der Waals surface area contributed by atoms with Crippen LogP contribution in [0.25, 0.3) is 5.65 Å². The van der Waals surface area contributed by atoms with Crippen molar-refractivity contribution in [3.8, 4) is 0 Å². The number of likely N-dealkylation sites (tertiary alicyclic amines) is 1. The molecule has 3 aromatic heterocycles. The Bertz CT molecular complexity index is 789. The van der Waals surface area contributed by atoms with Gasteiger partial charge in [0.25, 0.3) is 0 Å². The molecule has 3 aromatic rings. The molecular weight excluding hydrogens is 292 g/mol. The van der Waals surface area contributed by atoms with Crippen molar-refractivity contribution in [2.24, 2.45) is 5.92 Å². The Hall–Kier alpha value is -2.38. The van der Waals surface area contributed by atoms with Crippen molar-refractivity contribution >= 4 is 5.65 Å². The fourth-order valence-electron chi connectivity index (χ4n) is 3.20. The number of fused-ring (bicyclic) bond motifs is 1. The summed E-state index contributed by atoms with van der Waals surface area (Å²) >= 11 is 0. The molecule has 0 radical (unpaired) electrons. The maximum atomic E-state index is 10.3. The highest BCUT2D eigenvalue weighted by Gasteiger charge is 2.32. The van der Waals surface area contributed by atoms with E-state index in [1.165, 1.54) is 0 Å². The van der Waals surface area contributed by atoms with E-state index in [0.29, 0.717) is 6.54 Å². The van der Waals surface area contributed by atoms with Crippen LogP contribution in [0.1, 0.15) is 11.3 Å². The van der Waals surface area contributed by atoms with Gasteiger partial charge in [-0.05, 0) is 12.5 Å². The molecule has 4 rings (SSSR count). The van der Waals surface area contributed by atoms with E-state index in [9.17, 15) is 5.11 Å². The molecule has 7 nitrogen and oxygen atoms in total. The van der Waals surface area contributed by atoms with Crippen LogP contribution in [0.5, 0.6) is 0 Å². The third-order valence-electron chi connectivity index (χ3n) is 4.32. The zero-order chi connectivity index (χ0) is 15.6. The van der Waals surface area contributed by atoms with Gasteiger partial charge in [0.1, 0.15) is 0 Å². The van der Waals surface area contributed by atoms with Crippen molar-refractivity contribution < 1.29 is 5.11 Å². The Morgan fingerprint density at radius 3 is 2.96 bits per heavy atom. The van der Waals surface area contributed by atoms with Gasteiger partial charge in [-0.3, -0.25) is 14.9 Å². The maximum absolute atomic E-state index is 10.3. The summed E-state index contributed by atoms with van der Waals surface area (Å²) in [4.78, 5) is 15.0. The molecule has 1 saturated heterocycles. The van der Waals surface area contributed by atoms with Crippen LogP contribution in [-0.2, 0) is 13.0 Å². The Morgan fingerprint density at radius 1 is 1.13 bits per heavy atom. The smallest absolute Gasteiger partial charge is 0.159 e. The Labute approximate surface area is 133 Å². The van der Waals surface area contributed by atoms with Gasteiger partial charge < -0.3 is 5.11 Å². The SMILES string of the molecule is O[C@@H]1CN(Cc2cnn3cccnc23)C[C@H]1Cc1cnccn1. The van der Waals surface area contributed by atoms with E-state index in [1.807, 2.05) is 18.5 Å². The van der Waals surface area contributed by atoms with Gasteiger partial charge in [-0.1, -0.05) is 0 Å². The lowest BCUT2D eigenvalue weighted by molar-refractivity contribution is 0.140. The lowest BCUT2D eigenvalue weighted by Gasteiger charge is -2.14. The first kappa shape index (κ1) is 14.2. The second kappa shape index (κ2) is 6.02. The molecule has 0 spiro atoms. The van der Waals surface area contributed by atoms with Gasteiger partial charge in [-0.2, -0.15) is 5.10 Å². The van der Waals surface area contributed by atoms with E-state index < -0.39 is 0 Å². The average Bonchev–Trinajstić information content (AvgIpc) is 3.13. The summed E-state index contributed by atoms with van der Waals surface area (Å²) in [5.41, 5.74) is 2.88. The Morgan fingerprint density at radius 2 is 2.09 bits per heavy atom. The standard InChI is InChI=1S/C16H18N6O/c23-15-11-21(9-12(15)6-14-8-17-3-4-18-14)10-13-7-20-22-5-1-2-19-16(13)22/h1-5,7-8,12,15,23H,6,9-11H2/t12-,15-/m1/s1. The summed E-state index contributed by atoms with van der Waals surface area (Å²) in [6, 6.07) is 1.86. The number of aliphatic hydroxyl groups excluding tert-OH is 1. The molecule has 0 bridgehead atoms. The van der Waals surface area contributed by atoms with Crippen molar-refractivity contribution in [3.05, 3.63) is 54.5 Å². The minimum Gasteiger partial charge on any atom is -0.391 e. The molecule has 118 valence electrons. The van der Waals surface area contributed by atoms with E-state index >= 15 is 0 Å². The van der Waals surface area contributed by atoms with Crippen LogP contribution >= 0.6 is 0 Å². The molecule has 0 unspecified atom stereocenters. The van der Waals surface area contributed by atoms with Gasteiger partial charge in [0, 0.05) is 62.1 Å². The highest BCUT2D eigenvalue weighted by molar-refractivity contribution is 5.45. The van der Waals surface area contributed by atoms with E-state index in [0.717, 1.165) is 36.4 Å². The van der Waals surface area contributed by atoms with Crippen LogP contribution in [0.2, 0.25) is 0 Å². The van der Waals surface area contributed by atoms with Crippen LogP contribution in [0, 0.1) is 5.92 Å². The molecule has 2 atom stereocenters. The molecule has 0 aromatic carbocycles. The molecule has 1 fully saturated rings. The minimum absolute atomic E-state index is 0.182. The summed E-state index contributed by atoms with van der Waals surface area (Å²) in [5, 5.41) is 14.6. The second-order valence-corrected chi connectivity index (χ2v) is 5.98. The lowest BCUT2D eigenvalue weighted by Crippen LogP contribution is -2.21. The summed E-state index contributed by atoms with van der Waals surface area (Å²) in [6.07, 6.45) is 11.1. The summed E-state index contributed by atoms with van der Waals surface area (Å²) in [6.45, 7) is 2.24. The lowest BCUT2D eigenvalue weighted by atomic mass is 10.0. The number of aromatic nitrogens is 5. The van der Waals surface area contributed by atoms with Crippen LogP contribution < -0.4 is 0 Å². The van der Waals surface area contributed by atoms with Crippen LogP contribution in [0.4, 0.5) is 0 Å². The van der Waals surface area contributed by atoms with Gasteiger partial charge in [0.2, 0.25) is 0 Å². The highest BCUT2D eigenvalue weighted by atomic mass is 16.3. The van der Waals surface area contributed by atoms with E-state index in [4.69, 9.17) is 0 Å². The first-order chi connectivity index (χ1) is 11.3. The van der Waals surface area contributed by atoms with Crippen LogP contribution in [-0.4, -0.2) is 53.8 Å². The Balaban J connectivity index is 1.45. The van der Waals surface area contributed by atoms with Gasteiger partial charge in [-0.15, -0.1) is 0 Å². The first-order valence-electron chi connectivity index (χ1n) is 7.72. The topological polar surface area (TPSA) is 79.4 Å². The zero-order valence-corrected chi connectivity index (χ0v) is 12.7. The fraction of sp³-hybridized carbons (Fsp3) is 0.375. The number of nitrogens with zero attached hydrogens (tertiary/aromatic N) is 6. The number of hydrogen-bond donors (Lipinski definition) is 1. The molecule has 4 heterocycles. The number of β-amino-alcohol motifs (C(OH)–C–C–N with tert-alkyl or cyclic N) is 1. The fourth-order valence-corrected chi connectivity index (χ4v) is 3.20. The average molecular weight is 310 g/mol. The molecule has 1 aliphatic rings. The van der Waals surface area contributed by atoms with E-state index in [1.54, 1.807) is 29.3 Å². The van der Waals surface area contributed by atoms with Crippen molar-refractivity contribution in [1.29, 1.82) is 0 Å². The van der Waals surface area contributed by atoms with Crippen molar-refractivity contribution in [2.45, 2.75) is 19.1 Å². The predicted molar refractivity (Wildman–Crippen MR) is 83.5 cm³/mol. The number of hydrogen-bond acceptors (Lipinski definition) is 6. The first-order valence-corrected chi connectivity index (χ1v) is 7.72. The van der Waals surface area contributed by atoms with Gasteiger partial charge >= 0.3 is 0 Å². The minimum atomic E-state index is -0.341. The van der Waals surface area contributed by atoms with Gasteiger partial charge in [0.05, 0.1) is 18.0 Å². The highest BCUT2D eigenvalue weighted by Crippen LogP contribution is 2.23. The largest absolute Gasteiger partial charge is 0.391 e. The predicted octanol–water partition coefficient (Wildman–Crippen LogP) is 0.555. The molecule has 1 N–H and O–H groups in total. The van der Waals surface area contributed by atoms with Gasteiger partial charge in [-0.25, -0.2) is 9.50 Å². The monoisotopic (exact) mass is 310 g/mol. The molecule has 0 amide bonds. The van der Waals surface area contributed by atoms with Crippen LogP contribution in [0.3, 0.4) is 0 Å². The molecule has 0 aliphatic carbocycles. The zero-order valence-electron chi connectivity index (χ0n) is 12.7. The molecule has 1 aliphatic heterocycles. The normalized spacial score (nSPS) is 22.0. The van der Waals surface area contributed by atoms with Crippen molar-refractivity contribution in [2.75, 3.05) is 13.1 Å². The third kappa shape index (κ3) is 2.93. The second-order valence-electron chi connectivity index (χ2n) is 5.98. The number of aliphatic hydroxyl groups is 1. The van der Waals surface area contributed by atoms with Crippen molar-refractivity contribution in [3.63, 3.8) is 0 Å². The maximum Gasteiger partial charge on any atom is 0.159 e. The molecular formula is C16H18N6O. The molecule has 23 heavy (non-hydrogen) atoms. The summed E-state index contributed by atoms with van der Waals surface area (Å²) < 4.78 is 1.78. The van der Waals surface area contributed by atoms with E-state index in [-0.39, 0.29) is 12.0 Å². The number of rotatable bonds is 4. The van der Waals surface area contributed by atoms with E-state index in [2.05, 4.69) is 25.0 Å². The third-order valence-corrected chi connectivity index (χ3v) is 4.32. The Kier molecular flexibility index (Phi) is 3.72. The van der Waals surface area contributed by atoms with Crippen molar-refractivity contribution in [1.82, 2.24) is 29.5 Å². The molecule has 0 saturated carbocycles. The van der Waals surface area contributed by atoms with Gasteiger partial charge in [0.15, 0.2) is 5.65 Å².